The first-order valence-corrected chi connectivity index (χ1v) is 36.2. The lowest BCUT2D eigenvalue weighted by Gasteiger charge is -2.40. The van der Waals surface area contributed by atoms with Gasteiger partial charge >= 0.3 is 5.97 Å². The third-order valence-electron chi connectivity index (χ3n) is 16.8. The van der Waals surface area contributed by atoms with Gasteiger partial charge in [-0.1, -0.05) is 286 Å². The van der Waals surface area contributed by atoms with E-state index in [1.54, 1.807) is 6.08 Å². The van der Waals surface area contributed by atoms with Crippen molar-refractivity contribution < 1.29 is 49.3 Å². The van der Waals surface area contributed by atoms with E-state index in [0.29, 0.717) is 19.4 Å². The minimum Gasteiger partial charge on any atom is -0.466 e. The van der Waals surface area contributed by atoms with Gasteiger partial charge in [0.25, 0.3) is 0 Å². The van der Waals surface area contributed by atoms with Crippen LogP contribution >= 0.6 is 0 Å². The molecule has 7 unspecified atom stereocenters. The van der Waals surface area contributed by atoms with Gasteiger partial charge in [0.1, 0.15) is 24.4 Å². The molecule has 1 saturated heterocycles. The Kier molecular flexibility index (Phi) is 60.0. The van der Waals surface area contributed by atoms with Crippen LogP contribution in [0, 0.1) is 0 Å². The van der Waals surface area contributed by atoms with Crippen molar-refractivity contribution >= 4 is 11.9 Å². The van der Waals surface area contributed by atoms with E-state index >= 15 is 0 Å². The molecule has 0 radical (unpaired) electrons. The van der Waals surface area contributed by atoms with Crippen LogP contribution in [0.25, 0.3) is 0 Å². The van der Waals surface area contributed by atoms with Crippen molar-refractivity contribution in [3.63, 3.8) is 0 Å². The number of amides is 1. The van der Waals surface area contributed by atoms with Gasteiger partial charge in [-0.05, 0) is 103 Å². The zero-order chi connectivity index (χ0) is 62.3. The van der Waals surface area contributed by atoms with E-state index in [4.69, 9.17) is 14.2 Å². The summed E-state index contributed by atoms with van der Waals surface area (Å²) >= 11 is 0. The van der Waals surface area contributed by atoms with Gasteiger partial charge in [-0.2, -0.15) is 0 Å². The highest BCUT2D eigenvalue weighted by molar-refractivity contribution is 5.76. The average Bonchev–Trinajstić information content (AvgIpc) is 3.72. The Bertz CT molecular complexity index is 1660. The predicted molar refractivity (Wildman–Crippen MR) is 361 cm³/mol. The number of nitrogens with one attached hydrogen (secondary N) is 1. The second kappa shape index (κ2) is 63.7. The molecule has 1 heterocycles. The van der Waals surface area contributed by atoms with Crippen LogP contribution in [0.1, 0.15) is 328 Å². The molecular formula is C75H135NO10. The number of ether oxygens (including phenoxy) is 3. The van der Waals surface area contributed by atoms with Gasteiger partial charge in [-0.15, -0.1) is 0 Å². The van der Waals surface area contributed by atoms with Crippen molar-refractivity contribution in [1.82, 2.24) is 5.32 Å². The number of hydrogen-bond acceptors (Lipinski definition) is 10. The zero-order valence-corrected chi connectivity index (χ0v) is 55.5. The quantitative estimate of drug-likeness (QED) is 0.0195. The topological polar surface area (TPSA) is 175 Å². The van der Waals surface area contributed by atoms with E-state index < -0.39 is 49.5 Å². The predicted octanol–water partition coefficient (Wildman–Crippen LogP) is 18.7. The van der Waals surface area contributed by atoms with Crippen LogP contribution in [0.4, 0.5) is 0 Å². The fraction of sp³-hybridized carbons (Fsp3) is 0.813. The Morgan fingerprint density at radius 2 is 0.826 bits per heavy atom. The molecule has 6 N–H and O–H groups in total. The average molecular weight is 1210 g/mol. The third kappa shape index (κ3) is 51.9. The van der Waals surface area contributed by atoms with Crippen molar-refractivity contribution in [1.29, 1.82) is 0 Å². The molecule has 1 aliphatic rings. The summed E-state index contributed by atoms with van der Waals surface area (Å²) in [6.45, 7) is 4.18. The number of aliphatic hydroxyl groups excluding tert-OH is 5. The summed E-state index contributed by atoms with van der Waals surface area (Å²) in [7, 11) is 0. The first kappa shape index (κ1) is 81.1. The maximum atomic E-state index is 13.0. The molecule has 0 aromatic heterocycles. The van der Waals surface area contributed by atoms with Crippen LogP contribution in [-0.2, 0) is 23.8 Å². The van der Waals surface area contributed by atoms with Gasteiger partial charge in [0.15, 0.2) is 6.29 Å². The Morgan fingerprint density at radius 3 is 1.28 bits per heavy atom. The number of unbranched alkanes of at least 4 members (excludes halogenated alkanes) is 39. The van der Waals surface area contributed by atoms with E-state index in [-0.39, 0.29) is 18.5 Å². The molecule has 7 atom stereocenters. The molecule has 1 fully saturated rings. The molecule has 1 rings (SSSR count). The molecule has 11 heteroatoms. The van der Waals surface area contributed by atoms with Crippen LogP contribution in [-0.4, -0.2) is 100 Å². The molecule has 1 aliphatic heterocycles. The molecule has 0 aromatic rings. The van der Waals surface area contributed by atoms with Gasteiger partial charge in [0.05, 0.1) is 32.0 Å². The van der Waals surface area contributed by atoms with E-state index in [1.807, 2.05) is 6.08 Å². The normalized spacial score (nSPS) is 18.3. The lowest BCUT2D eigenvalue weighted by atomic mass is 9.99. The monoisotopic (exact) mass is 1210 g/mol. The number of carbonyl (C=O) groups is 2. The largest absolute Gasteiger partial charge is 0.466 e. The summed E-state index contributed by atoms with van der Waals surface area (Å²) in [6.07, 6.45) is 76.5. The van der Waals surface area contributed by atoms with Gasteiger partial charge in [0.2, 0.25) is 5.91 Å². The Balaban J connectivity index is 1.92. The van der Waals surface area contributed by atoms with Crippen LogP contribution in [0.2, 0.25) is 0 Å². The van der Waals surface area contributed by atoms with Gasteiger partial charge in [-0.25, -0.2) is 0 Å². The maximum Gasteiger partial charge on any atom is 0.305 e. The highest BCUT2D eigenvalue weighted by Gasteiger charge is 2.44. The molecule has 0 saturated carbocycles. The summed E-state index contributed by atoms with van der Waals surface area (Å²) in [5.74, 6) is -0.195. The van der Waals surface area contributed by atoms with Crippen molar-refractivity contribution in [3.8, 4) is 0 Å². The van der Waals surface area contributed by atoms with E-state index in [9.17, 15) is 35.1 Å². The van der Waals surface area contributed by atoms with Gasteiger partial charge in [-0.3, -0.25) is 9.59 Å². The second-order valence-electron chi connectivity index (χ2n) is 24.9. The third-order valence-corrected chi connectivity index (χ3v) is 16.8. The zero-order valence-electron chi connectivity index (χ0n) is 55.5. The fourth-order valence-corrected chi connectivity index (χ4v) is 11.1. The minimum atomic E-state index is -1.58. The van der Waals surface area contributed by atoms with Crippen molar-refractivity contribution in [2.75, 3.05) is 19.8 Å². The molecule has 0 spiro atoms. The summed E-state index contributed by atoms with van der Waals surface area (Å²) in [6, 6.07) is -0.833. The number of allylic oxidation sites excluding steroid dienone is 11. The van der Waals surface area contributed by atoms with E-state index in [1.165, 1.54) is 225 Å². The number of esters is 1. The van der Waals surface area contributed by atoms with Gasteiger partial charge < -0.3 is 45.1 Å². The number of rotatable bonds is 63. The summed E-state index contributed by atoms with van der Waals surface area (Å²) in [5.41, 5.74) is 0. The first-order chi connectivity index (χ1) is 42.2. The summed E-state index contributed by atoms with van der Waals surface area (Å²) < 4.78 is 16.7. The maximum absolute atomic E-state index is 13.0. The molecule has 0 aromatic carbocycles. The lowest BCUT2D eigenvalue weighted by molar-refractivity contribution is -0.302. The number of hydrogen-bond donors (Lipinski definition) is 6. The fourth-order valence-electron chi connectivity index (χ4n) is 11.1. The van der Waals surface area contributed by atoms with Gasteiger partial charge in [0, 0.05) is 12.8 Å². The SMILES string of the molecule is CC/C=C/CC/C=C/CC/C=C/C(O)C(COC1OC(CO)C(O)C(O)C1O)NC(=O)CCCCCCCCCCCCCCCCCCC/C=C\C/C=C\CCCCCCCCCCCCCCCOC(=O)CCCCCCC/C=C\CCCC. The molecule has 0 bridgehead atoms. The van der Waals surface area contributed by atoms with Crippen molar-refractivity contribution in [3.05, 3.63) is 72.9 Å². The van der Waals surface area contributed by atoms with Crippen LogP contribution in [0.15, 0.2) is 72.9 Å². The van der Waals surface area contributed by atoms with E-state index in [0.717, 1.165) is 77.0 Å². The highest BCUT2D eigenvalue weighted by Crippen LogP contribution is 2.23. The smallest absolute Gasteiger partial charge is 0.305 e. The first-order valence-electron chi connectivity index (χ1n) is 36.2. The van der Waals surface area contributed by atoms with Crippen LogP contribution in [0.3, 0.4) is 0 Å². The second-order valence-corrected chi connectivity index (χ2v) is 24.9. The van der Waals surface area contributed by atoms with Crippen molar-refractivity contribution in [2.45, 2.75) is 371 Å². The molecule has 1 amide bonds. The Labute approximate surface area is 528 Å². The van der Waals surface area contributed by atoms with E-state index in [2.05, 4.69) is 79.9 Å². The molecule has 0 aliphatic carbocycles. The van der Waals surface area contributed by atoms with Crippen LogP contribution in [0.5, 0.6) is 0 Å². The summed E-state index contributed by atoms with van der Waals surface area (Å²) in [5, 5.41) is 54.3. The molecule has 86 heavy (non-hydrogen) atoms. The summed E-state index contributed by atoms with van der Waals surface area (Å²) in [4.78, 5) is 25.0. The molecule has 11 nitrogen and oxygen atoms in total. The Morgan fingerprint density at radius 1 is 0.442 bits per heavy atom. The lowest BCUT2D eigenvalue weighted by Crippen LogP contribution is -2.60. The standard InChI is InChI=1S/C75H135NO10/c1-3-5-7-9-11-13-42-47-51-55-59-63-71(80)84-64-60-56-52-48-44-41-39-37-35-33-31-29-27-25-23-21-19-17-15-16-18-20-22-24-26-28-30-32-34-36-38-40-43-46-50-54-58-62-70(79)76-67(66-85-75-74(83)73(82)72(81)69(65-77)86-75)68(78)61-57-53-49-45-14-12-10-8-6-4-2/h6,8-9,11,14-15,17,21,23,45,57,61,67-69,72-75,77-78,81-83H,3-5,7,10,12-13,16,18-20,22,24-44,46-56,58-60,62-66H2,1-2H3,(H,76,79)/b8-6+,11-9-,17-15-,23-21-,45-14+,61-57+. The highest BCUT2D eigenvalue weighted by atomic mass is 16.7. The Hall–Kier alpha value is -2.90. The van der Waals surface area contributed by atoms with Crippen LogP contribution < -0.4 is 5.32 Å². The molecular weight excluding hydrogens is 1070 g/mol. The van der Waals surface area contributed by atoms with Crippen molar-refractivity contribution in [2.24, 2.45) is 0 Å². The number of carbonyl (C=O) groups excluding carboxylic acids is 2. The number of aliphatic hydroxyl groups is 5. The minimum absolute atomic E-state index is 0.000683. The molecule has 500 valence electrons.